The van der Waals surface area contributed by atoms with Gasteiger partial charge in [0.15, 0.2) is 0 Å². The lowest BCUT2D eigenvalue weighted by Gasteiger charge is -2.13. The Hall–Kier alpha value is -4.30. The van der Waals surface area contributed by atoms with Crippen LogP contribution < -0.4 is 11.1 Å². The average molecular weight is 466 g/mol. The van der Waals surface area contributed by atoms with E-state index in [4.69, 9.17) is 11.1 Å². The molecule has 4 aromatic rings. The SMILES string of the molecule is CCC(O)Nc1ccc(-c2cnc(N)c(C(=N)c3cc4c([nH]3)CCC=C4c3ccncc3)c2)cn1. The summed E-state index contributed by atoms with van der Waals surface area (Å²) in [6.45, 7) is 1.89. The molecule has 0 fully saturated rings. The third-order valence-electron chi connectivity index (χ3n) is 6.18. The van der Waals surface area contributed by atoms with Gasteiger partial charge in [0.25, 0.3) is 0 Å². The van der Waals surface area contributed by atoms with Crippen molar-refractivity contribution in [1.82, 2.24) is 19.9 Å². The fourth-order valence-electron chi connectivity index (χ4n) is 4.25. The van der Waals surface area contributed by atoms with Gasteiger partial charge < -0.3 is 21.1 Å². The summed E-state index contributed by atoms with van der Waals surface area (Å²) >= 11 is 0. The molecular formula is C27H27N7O. The number of anilines is 2. The van der Waals surface area contributed by atoms with E-state index in [9.17, 15) is 5.11 Å². The summed E-state index contributed by atoms with van der Waals surface area (Å²) in [5.41, 5.74) is 13.9. The second-order valence-electron chi connectivity index (χ2n) is 8.50. The van der Waals surface area contributed by atoms with Gasteiger partial charge in [-0.1, -0.05) is 13.0 Å². The van der Waals surface area contributed by atoms with Crippen molar-refractivity contribution in [2.45, 2.75) is 32.4 Å². The summed E-state index contributed by atoms with van der Waals surface area (Å²) in [7, 11) is 0. The molecular weight excluding hydrogens is 438 g/mol. The summed E-state index contributed by atoms with van der Waals surface area (Å²) in [6, 6.07) is 11.6. The highest BCUT2D eigenvalue weighted by molar-refractivity contribution is 6.13. The van der Waals surface area contributed by atoms with E-state index in [0.29, 0.717) is 29.3 Å². The van der Waals surface area contributed by atoms with Crippen LogP contribution in [0, 0.1) is 5.41 Å². The Morgan fingerprint density at radius 1 is 1.11 bits per heavy atom. The van der Waals surface area contributed by atoms with Crippen LogP contribution in [-0.4, -0.2) is 37.0 Å². The molecule has 0 aromatic carbocycles. The topological polar surface area (TPSA) is 137 Å². The lowest BCUT2D eigenvalue weighted by Crippen LogP contribution is -2.17. The summed E-state index contributed by atoms with van der Waals surface area (Å²) in [6.07, 6.45) is 11.0. The Labute approximate surface area is 203 Å². The van der Waals surface area contributed by atoms with Crippen molar-refractivity contribution in [3.63, 3.8) is 0 Å². The van der Waals surface area contributed by atoms with Gasteiger partial charge in [0.05, 0.1) is 11.4 Å². The number of fused-ring (bicyclic) bond motifs is 1. The van der Waals surface area contributed by atoms with Gasteiger partial charge in [-0.25, -0.2) is 9.97 Å². The van der Waals surface area contributed by atoms with Crippen LogP contribution >= 0.6 is 0 Å². The van der Waals surface area contributed by atoms with Crippen molar-refractivity contribution in [1.29, 1.82) is 5.41 Å². The molecule has 176 valence electrons. The smallest absolute Gasteiger partial charge is 0.132 e. The number of H-pyrrole nitrogens is 1. The minimum absolute atomic E-state index is 0.289. The predicted octanol–water partition coefficient (Wildman–Crippen LogP) is 4.38. The first-order valence-corrected chi connectivity index (χ1v) is 11.6. The first-order chi connectivity index (χ1) is 17.0. The minimum Gasteiger partial charge on any atom is -0.383 e. The number of aromatic nitrogens is 4. The highest BCUT2D eigenvalue weighted by Gasteiger charge is 2.21. The molecule has 1 atom stereocenters. The van der Waals surface area contributed by atoms with Crippen LogP contribution in [0.3, 0.4) is 0 Å². The zero-order chi connectivity index (χ0) is 24.4. The van der Waals surface area contributed by atoms with Crippen LogP contribution in [0.25, 0.3) is 16.7 Å². The number of allylic oxidation sites excluding steroid dienone is 1. The monoisotopic (exact) mass is 465 g/mol. The molecule has 6 N–H and O–H groups in total. The van der Waals surface area contributed by atoms with Crippen LogP contribution in [0.2, 0.25) is 0 Å². The van der Waals surface area contributed by atoms with Crippen molar-refractivity contribution in [2.24, 2.45) is 0 Å². The fourth-order valence-corrected chi connectivity index (χ4v) is 4.25. The van der Waals surface area contributed by atoms with E-state index < -0.39 is 6.23 Å². The van der Waals surface area contributed by atoms with Gasteiger partial charge in [-0.3, -0.25) is 10.4 Å². The molecule has 0 saturated heterocycles. The van der Waals surface area contributed by atoms with Gasteiger partial charge in [-0.15, -0.1) is 0 Å². The van der Waals surface area contributed by atoms with Gasteiger partial charge in [-0.05, 0) is 66.8 Å². The third-order valence-corrected chi connectivity index (χ3v) is 6.18. The Morgan fingerprint density at radius 2 is 1.91 bits per heavy atom. The number of pyridine rings is 3. The van der Waals surface area contributed by atoms with Gasteiger partial charge in [0.2, 0.25) is 0 Å². The number of nitrogens with one attached hydrogen (secondary N) is 3. The molecule has 1 aliphatic rings. The molecule has 8 heteroatoms. The predicted molar refractivity (Wildman–Crippen MR) is 138 cm³/mol. The van der Waals surface area contributed by atoms with Crippen LogP contribution in [-0.2, 0) is 6.42 Å². The average Bonchev–Trinajstić information content (AvgIpc) is 3.34. The maximum Gasteiger partial charge on any atom is 0.132 e. The molecule has 0 radical (unpaired) electrons. The number of nitrogens with two attached hydrogens (primary N) is 1. The maximum atomic E-state index is 9.77. The van der Waals surface area contributed by atoms with Crippen LogP contribution in [0.4, 0.5) is 11.6 Å². The highest BCUT2D eigenvalue weighted by Crippen LogP contribution is 2.33. The number of hydrogen-bond acceptors (Lipinski definition) is 7. The molecule has 1 unspecified atom stereocenters. The zero-order valence-electron chi connectivity index (χ0n) is 19.4. The number of aromatic amines is 1. The largest absolute Gasteiger partial charge is 0.383 e. The summed E-state index contributed by atoms with van der Waals surface area (Å²) in [5.74, 6) is 0.892. The van der Waals surface area contributed by atoms with Crippen LogP contribution in [0.1, 0.15) is 47.8 Å². The molecule has 1 aliphatic carbocycles. The number of nitrogen functional groups attached to an aromatic ring is 1. The van der Waals surface area contributed by atoms with E-state index in [1.807, 2.05) is 43.3 Å². The molecule has 8 nitrogen and oxygen atoms in total. The molecule has 0 amide bonds. The Balaban J connectivity index is 1.44. The summed E-state index contributed by atoms with van der Waals surface area (Å²) in [4.78, 5) is 16.3. The number of rotatable bonds is 7. The van der Waals surface area contributed by atoms with E-state index in [-0.39, 0.29) is 5.71 Å². The molecule has 0 bridgehead atoms. The molecule has 4 aromatic heterocycles. The lowest BCUT2D eigenvalue weighted by atomic mass is 9.91. The van der Waals surface area contributed by atoms with E-state index in [0.717, 1.165) is 46.4 Å². The molecule has 4 heterocycles. The van der Waals surface area contributed by atoms with Crippen molar-refractivity contribution in [3.05, 3.63) is 95.3 Å². The summed E-state index contributed by atoms with van der Waals surface area (Å²) < 4.78 is 0. The van der Waals surface area contributed by atoms with Crippen LogP contribution in [0.15, 0.2) is 67.3 Å². The maximum absolute atomic E-state index is 9.77. The first-order valence-electron chi connectivity index (χ1n) is 11.6. The zero-order valence-corrected chi connectivity index (χ0v) is 19.4. The number of hydrogen-bond donors (Lipinski definition) is 5. The molecule has 5 rings (SSSR count). The van der Waals surface area contributed by atoms with E-state index >= 15 is 0 Å². The van der Waals surface area contributed by atoms with Crippen molar-refractivity contribution in [3.8, 4) is 11.1 Å². The van der Waals surface area contributed by atoms with Crippen molar-refractivity contribution < 1.29 is 5.11 Å². The quantitative estimate of drug-likeness (QED) is 0.203. The molecule has 0 spiro atoms. The van der Waals surface area contributed by atoms with E-state index in [2.05, 4.69) is 31.3 Å². The Bertz CT molecular complexity index is 1390. The second kappa shape index (κ2) is 9.52. The standard InChI is InChI=1S/C27H27N7O/c1-2-25(35)34-24-7-6-17(14-31-24)18-12-21(27(29)32-15-18)26(28)23-13-20-19(4-3-5-22(20)33-23)16-8-10-30-11-9-16/h4,6-15,25,28,33,35H,2-3,5H2,1H3,(H2,29,32)(H,31,34). The Kier molecular flexibility index (Phi) is 6.12. The summed E-state index contributed by atoms with van der Waals surface area (Å²) in [5, 5.41) is 21.6. The molecule has 35 heavy (non-hydrogen) atoms. The second-order valence-corrected chi connectivity index (χ2v) is 8.50. The van der Waals surface area contributed by atoms with Crippen molar-refractivity contribution >= 4 is 22.9 Å². The number of aliphatic hydroxyl groups excluding tert-OH is 1. The van der Waals surface area contributed by atoms with Gasteiger partial charge in [0.1, 0.15) is 17.9 Å². The van der Waals surface area contributed by atoms with E-state index in [1.165, 1.54) is 0 Å². The van der Waals surface area contributed by atoms with Crippen LogP contribution in [0.5, 0.6) is 0 Å². The lowest BCUT2D eigenvalue weighted by molar-refractivity contribution is 0.199. The van der Waals surface area contributed by atoms with Gasteiger partial charge >= 0.3 is 0 Å². The van der Waals surface area contributed by atoms with Crippen molar-refractivity contribution in [2.75, 3.05) is 11.1 Å². The van der Waals surface area contributed by atoms with Gasteiger partial charge in [0, 0.05) is 52.7 Å². The number of nitrogens with zero attached hydrogens (tertiary/aromatic N) is 3. The van der Waals surface area contributed by atoms with E-state index in [1.54, 1.807) is 24.8 Å². The molecule has 0 aliphatic heterocycles. The number of aliphatic hydroxyl groups is 1. The van der Waals surface area contributed by atoms with Gasteiger partial charge in [-0.2, -0.15) is 0 Å². The fraction of sp³-hybridized carbons (Fsp3) is 0.185. The first kappa shape index (κ1) is 22.5. The Morgan fingerprint density at radius 3 is 2.66 bits per heavy atom. The number of aryl methyl sites for hydroxylation is 1. The highest BCUT2D eigenvalue weighted by atomic mass is 16.3. The minimum atomic E-state index is -0.640. The molecule has 0 saturated carbocycles. The normalized spacial score (nSPS) is 13.6. The third kappa shape index (κ3) is 4.56.